The van der Waals surface area contributed by atoms with Gasteiger partial charge in [0.05, 0.1) is 6.61 Å². The highest BCUT2D eigenvalue weighted by atomic mass is 16.5. The Morgan fingerprint density at radius 3 is 2.80 bits per heavy atom. The molecule has 0 radical (unpaired) electrons. The molecule has 1 rings (SSSR count). The van der Waals surface area contributed by atoms with Crippen LogP contribution in [0, 0.1) is 0 Å². The topological polar surface area (TPSA) is 49.4 Å². The number of ether oxygens (including phenoxy) is 1. The number of benzene rings is 1. The van der Waals surface area contributed by atoms with Crippen molar-refractivity contribution in [2.45, 2.75) is 26.2 Å². The smallest absolute Gasteiger partial charge is 0.122 e. The van der Waals surface area contributed by atoms with Gasteiger partial charge in [-0.3, -0.25) is 0 Å². The van der Waals surface area contributed by atoms with E-state index in [0.717, 1.165) is 12.8 Å². The van der Waals surface area contributed by atoms with E-state index in [1.807, 2.05) is 6.07 Å². The second kappa shape index (κ2) is 6.06. The zero-order chi connectivity index (χ0) is 11.1. The Kier molecular flexibility index (Phi) is 4.68. The van der Waals surface area contributed by atoms with Gasteiger partial charge in [0.25, 0.3) is 0 Å². The predicted octanol–water partition coefficient (Wildman–Crippen LogP) is 1.16. The molecule has 1 aromatic rings. The molecule has 15 heavy (non-hydrogen) atoms. The van der Waals surface area contributed by atoms with Gasteiger partial charge in [0.15, 0.2) is 0 Å². The Hall–Kier alpha value is -1.51. The highest BCUT2D eigenvalue weighted by molar-refractivity contribution is 5.69. The van der Waals surface area contributed by atoms with Crippen molar-refractivity contribution in [2.75, 3.05) is 6.61 Å². The normalized spacial score (nSPS) is 9.93. The Balaban J connectivity index is 2.64. The lowest BCUT2D eigenvalue weighted by Crippen LogP contribution is -2.24. The van der Waals surface area contributed by atoms with E-state index in [9.17, 15) is 9.90 Å². The SMILES string of the molecule is CCCCOc1ccccc1CC(=O)[O-]. The molecule has 0 saturated heterocycles. The molecule has 0 unspecified atom stereocenters. The van der Waals surface area contributed by atoms with Crippen molar-refractivity contribution in [1.82, 2.24) is 0 Å². The number of carboxylic acid groups (broad SMARTS) is 1. The van der Waals surface area contributed by atoms with Crippen LogP contribution in [0.4, 0.5) is 0 Å². The maximum atomic E-state index is 10.5. The quantitative estimate of drug-likeness (QED) is 0.658. The molecular weight excluding hydrogens is 192 g/mol. The van der Waals surface area contributed by atoms with Crippen LogP contribution in [0.3, 0.4) is 0 Å². The molecule has 0 aliphatic carbocycles. The molecule has 82 valence electrons. The van der Waals surface area contributed by atoms with Gasteiger partial charge in [-0.2, -0.15) is 0 Å². The van der Waals surface area contributed by atoms with Gasteiger partial charge in [0.1, 0.15) is 5.75 Å². The first-order valence-electron chi connectivity index (χ1n) is 5.14. The van der Waals surface area contributed by atoms with Crippen LogP contribution in [0.5, 0.6) is 5.75 Å². The van der Waals surface area contributed by atoms with Gasteiger partial charge in [-0.25, -0.2) is 0 Å². The van der Waals surface area contributed by atoms with Crippen LogP contribution in [-0.4, -0.2) is 12.6 Å². The van der Waals surface area contributed by atoms with Crippen molar-refractivity contribution in [2.24, 2.45) is 0 Å². The van der Waals surface area contributed by atoms with Crippen molar-refractivity contribution >= 4 is 5.97 Å². The first-order valence-corrected chi connectivity index (χ1v) is 5.14. The fourth-order valence-corrected chi connectivity index (χ4v) is 1.27. The Morgan fingerprint density at radius 2 is 2.13 bits per heavy atom. The van der Waals surface area contributed by atoms with Crippen molar-refractivity contribution in [3.63, 3.8) is 0 Å². The second-order valence-electron chi connectivity index (χ2n) is 3.36. The molecule has 0 bridgehead atoms. The molecule has 0 aromatic heterocycles. The Bertz CT molecular complexity index is 320. The third-order valence-electron chi connectivity index (χ3n) is 2.06. The van der Waals surface area contributed by atoms with Crippen molar-refractivity contribution in [1.29, 1.82) is 0 Å². The maximum Gasteiger partial charge on any atom is 0.122 e. The highest BCUT2D eigenvalue weighted by Crippen LogP contribution is 2.18. The molecular formula is C12H15O3-. The van der Waals surface area contributed by atoms with Gasteiger partial charge in [0, 0.05) is 12.4 Å². The van der Waals surface area contributed by atoms with E-state index < -0.39 is 5.97 Å². The lowest BCUT2D eigenvalue weighted by molar-refractivity contribution is -0.304. The summed E-state index contributed by atoms with van der Waals surface area (Å²) in [5, 5.41) is 10.5. The zero-order valence-corrected chi connectivity index (χ0v) is 8.86. The van der Waals surface area contributed by atoms with Gasteiger partial charge in [-0.05, 0) is 18.1 Å². The number of carbonyl (C=O) groups is 1. The minimum Gasteiger partial charge on any atom is -0.550 e. The van der Waals surface area contributed by atoms with Crippen LogP contribution in [0.1, 0.15) is 25.3 Å². The van der Waals surface area contributed by atoms with E-state index in [4.69, 9.17) is 4.74 Å². The van der Waals surface area contributed by atoms with Crippen LogP contribution in [0.25, 0.3) is 0 Å². The molecule has 0 fully saturated rings. The summed E-state index contributed by atoms with van der Waals surface area (Å²) in [7, 11) is 0. The average molecular weight is 207 g/mol. The van der Waals surface area contributed by atoms with Crippen molar-refractivity contribution < 1.29 is 14.6 Å². The summed E-state index contributed by atoms with van der Waals surface area (Å²) in [6.07, 6.45) is 1.94. The van der Waals surface area contributed by atoms with E-state index >= 15 is 0 Å². The van der Waals surface area contributed by atoms with Crippen LogP contribution in [0.2, 0.25) is 0 Å². The number of hydrogen-bond donors (Lipinski definition) is 0. The summed E-state index contributed by atoms with van der Waals surface area (Å²) in [4.78, 5) is 10.5. The van der Waals surface area contributed by atoms with E-state index in [1.165, 1.54) is 0 Å². The zero-order valence-electron chi connectivity index (χ0n) is 8.86. The predicted molar refractivity (Wildman–Crippen MR) is 55.6 cm³/mol. The fraction of sp³-hybridized carbons (Fsp3) is 0.417. The molecule has 0 spiro atoms. The number of carbonyl (C=O) groups excluding carboxylic acids is 1. The van der Waals surface area contributed by atoms with E-state index in [2.05, 4.69) is 6.92 Å². The van der Waals surface area contributed by atoms with E-state index in [1.54, 1.807) is 18.2 Å². The summed E-state index contributed by atoms with van der Waals surface area (Å²) in [6.45, 7) is 2.71. The van der Waals surface area contributed by atoms with Gasteiger partial charge >= 0.3 is 0 Å². The van der Waals surface area contributed by atoms with Crippen LogP contribution in [0.15, 0.2) is 24.3 Å². The molecule has 0 aliphatic rings. The van der Waals surface area contributed by atoms with Gasteiger partial charge in [-0.15, -0.1) is 0 Å². The maximum absolute atomic E-state index is 10.5. The highest BCUT2D eigenvalue weighted by Gasteiger charge is 2.02. The molecule has 0 aliphatic heterocycles. The molecule has 0 saturated carbocycles. The first-order chi connectivity index (χ1) is 7.24. The number of unbranched alkanes of at least 4 members (excludes halogenated alkanes) is 1. The first kappa shape index (κ1) is 11.6. The summed E-state index contributed by atoms with van der Waals surface area (Å²) in [5.74, 6) is -0.434. The molecule has 3 heteroatoms. The van der Waals surface area contributed by atoms with Crippen molar-refractivity contribution in [3.05, 3.63) is 29.8 Å². The van der Waals surface area contributed by atoms with Crippen molar-refractivity contribution in [3.8, 4) is 5.75 Å². The lowest BCUT2D eigenvalue weighted by atomic mass is 10.1. The van der Waals surface area contributed by atoms with Gasteiger partial charge < -0.3 is 14.6 Å². The fourth-order valence-electron chi connectivity index (χ4n) is 1.27. The number of aliphatic carboxylic acids is 1. The van der Waals surface area contributed by atoms with E-state index in [-0.39, 0.29) is 6.42 Å². The molecule has 0 amide bonds. The largest absolute Gasteiger partial charge is 0.550 e. The minimum absolute atomic E-state index is 0.0949. The number of rotatable bonds is 6. The summed E-state index contributed by atoms with van der Waals surface area (Å²) >= 11 is 0. The van der Waals surface area contributed by atoms with Crippen LogP contribution < -0.4 is 9.84 Å². The molecule has 0 atom stereocenters. The third kappa shape index (κ3) is 4.02. The van der Waals surface area contributed by atoms with Gasteiger partial charge in [-0.1, -0.05) is 31.5 Å². The van der Waals surface area contributed by atoms with Crippen LogP contribution in [-0.2, 0) is 11.2 Å². The standard InChI is InChI=1S/C12H16O3/c1-2-3-8-15-11-7-5-4-6-10(11)9-12(13)14/h4-7H,2-3,8-9H2,1H3,(H,13,14)/p-1. The molecule has 1 aromatic carbocycles. The molecule has 0 heterocycles. The number of para-hydroxylation sites is 1. The average Bonchev–Trinajstić information content (AvgIpc) is 2.20. The Labute approximate surface area is 89.7 Å². The molecule has 3 nitrogen and oxygen atoms in total. The number of hydrogen-bond acceptors (Lipinski definition) is 3. The second-order valence-corrected chi connectivity index (χ2v) is 3.36. The summed E-state index contributed by atoms with van der Waals surface area (Å²) in [5.41, 5.74) is 0.675. The Morgan fingerprint density at radius 1 is 1.40 bits per heavy atom. The summed E-state index contributed by atoms with van der Waals surface area (Å²) in [6, 6.07) is 7.16. The monoisotopic (exact) mass is 207 g/mol. The van der Waals surface area contributed by atoms with Crippen LogP contribution >= 0.6 is 0 Å². The molecule has 0 N–H and O–H groups in total. The lowest BCUT2D eigenvalue weighted by Gasteiger charge is -2.11. The van der Waals surface area contributed by atoms with E-state index in [0.29, 0.717) is 17.9 Å². The van der Waals surface area contributed by atoms with Gasteiger partial charge in [0.2, 0.25) is 0 Å². The number of carboxylic acids is 1. The minimum atomic E-state index is -1.08. The summed E-state index contributed by atoms with van der Waals surface area (Å²) < 4.78 is 5.49. The third-order valence-corrected chi connectivity index (χ3v) is 2.06.